The van der Waals surface area contributed by atoms with Gasteiger partial charge in [0.15, 0.2) is 0 Å². The van der Waals surface area contributed by atoms with Crippen molar-refractivity contribution in [1.29, 1.82) is 0 Å². The van der Waals surface area contributed by atoms with E-state index in [1.165, 1.54) is 13.5 Å². The van der Waals surface area contributed by atoms with Crippen LogP contribution in [0.4, 0.5) is 4.79 Å². The van der Waals surface area contributed by atoms with E-state index in [0.29, 0.717) is 6.42 Å². The van der Waals surface area contributed by atoms with Gasteiger partial charge in [0, 0.05) is 0 Å². The maximum Gasteiger partial charge on any atom is 0.408 e. The Morgan fingerprint density at radius 3 is 2.25 bits per heavy atom. The zero-order valence-corrected chi connectivity index (χ0v) is 13.2. The molecule has 1 N–H and O–H groups in total. The van der Waals surface area contributed by atoms with E-state index in [9.17, 15) is 9.59 Å². The number of ether oxygens (including phenoxy) is 2. The van der Waals surface area contributed by atoms with Gasteiger partial charge in [-0.05, 0) is 45.4 Å². The van der Waals surface area contributed by atoms with E-state index >= 15 is 0 Å². The second-order valence-corrected chi connectivity index (χ2v) is 6.63. The normalized spacial score (nSPS) is 18.6. The van der Waals surface area contributed by atoms with Gasteiger partial charge in [-0.15, -0.1) is 0 Å². The molecule has 0 spiro atoms. The van der Waals surface area contributed by atoms with E-state index in [-0.39, 0.29) is 5.41 Å². The van der Waals surface area contributed by atoms with Crippen molar-refractivity contribution in [2.45, 2.75) is 71.4 Å². The molecule has 5 nitrogen and oxygen atoms in total. The van der Waals surface area contributed by atoms with E-state index in [1.54, 1.807) is 20.8 Å². The van der Waals surface area contributed by atoms with Crippen LogP contribution < -0.4 is 5.32 Å². The van der Waals surface area contributed by atoms with Crippen LogP contribution in [0, 0.1) is 5.41 Å². The first-order valence-corrected chi connectivity index (χ1v) is 7.29. The van der Waals surface area contributed by atoms with Crippen LogP contribution in [0.5, 0.6) is 0 Å². The molecule has 1 aliphatic carbocycles. The highest BCUT2D eigenvalue weighted by Crippen LogP contribution is 2.47. The number of amides is 1. The third kappa shape index (κ3) is 4.69. The van der Waals surface area contributed by atoms with Crippen LogP contribution in [-0.4, -0.2) is 30.8 Å². The number of nitrogens with one attached hydrogen (secondary N) is 1. The van der Waals surface area contributed by atoms with Gasteiger partial charge in [-0.1, -0.05) is 19.8 Å². The van der Waals surface area contributed by atoms with Gasteiger partial charge in [-0.2, -0.15) is 0 Å². The maximum atomic E-state index is 11.9. The van der Waals surface area contributed by atoms with Crippen LogP contribution in [0.1, 0.15) is 59.8 Å². The molecule has 0 saturated heterocycles. The maximum absolute atomic E-state index is 11.9. The molecule has 116 valence electrons. The highest BCUT2D eigenvalue weighted by atomic mass is 16.6. The Morgan fingerprint density at radius 2 is 1.90 bits per heavy atom. The Bertz CT molecular complexity index is 350. The summed E-state index contributed by atoms with van der Waals surface area (Å²) < 4.78 is 10.00. The van der Waals surface area contributed by atoms with E-state index in [4.69, 9.17) is 9.47 Å². The second-order valence-electron chi connectivity index (χ2n) is 6.63. The van der Waals surface area contributed by atoms with Crippen molar-refractivity contribution in [2.75, 3.05) is 7.11 Å². The molecule has 1 fully saturated rings. The average molecular weight is 285 g/mol. The van der Waals surface area contributed by atoms with Crippen molar-refractivity contribution in [2.24, 2.45) is 5.41 Å². The number of carbonyl (C=O) groups excluding carboxylic acids is 2. The third-order valence-electron chi connectivity index (χ3n) is 3.98. The molecule has 0 aromatic carbocycles. The van der Waals surface area contributed by atoms with Gasteiger partial charge >= 0.3 is 12.1 Å². The van der Waals surface area contributed by atoms with Gasteiger partial charge < -0.3 is 14.8 Å². The van der Waals surface area contributed by atoms with Crippen LogP contribution in [-0.2, 0) is 14.3 Å². The zero-order valence-electron chi connectivity index (χ0n) is 13.2. The molecule has 5 heteroatoms. The number of esters is 1. The molecular formula is C15H27NO4. The van der Waals surface area contributed by atoms with Gasteiger partial charge in [-0.25, -0.2) is 9.59 Å². The highest BCUT2D eigenvalue weighted by molar-refractivity contribution is 5.81. The Kier molecular flexibility index (Phi) is 5.42. The summed E-state index contributed by atoms with van der Waals surface area (Å²) in [6.45, 7) is 7.50. The molecule has 1 atom stereocenters. The van der Waals surface area contributed by atoms with Gasteiger partial charge in [0.1, 0.15) is 11.6 Å². The second kappa shape index (κ2) is 6.46. The summed E-state index contributed by atoms with van der Waals surface area (Å²) in [4.78, 5) is 23.7. The molecule has 20 heavy (non-hydrogen) atoms. The summed E-state index contributed by atoms with van der Waals surface area (Å²) in [7, 11) is 1.34. The van der Waals surface area contributed by atoms with Crippen LogP contribution in [0.2, 0.25) is 0 Å². The zero-order chi connectivity index (χ0) is 15.4. The summed E-state index contributed by atoms with van der Waals surface area (Å²) >= 11 is 0. The minimum atomic E-state index is -0.630. The molecule has 1 aliphatic rings. The third-order valence-corrected chi connectivity index (χ3v) is 3.98. The largest absolute Gasteiger partial charge is 0.467 e. The predicted molar refractivity (Wildman–Crippen MR) is 76.4 cm³/mol. The van der Waals surface area contributed by atoms with Crippen LogP contribution in [0.15, 0.2) is 0 Å². The molecule has 0 unspecified atom stereocenters. The molecule has 0 bridgehead atoms. The van der Waals surface area contributed by atoms with Gasteiger partial charge in [0.2, 0.25) is 0 Å². The molecule has 0 aromatic heterocycles. The van der Waals surface area contributed by atoms with Crippen molar-refractivity contribution >= 4 is 12.1 Å². The average Bonchev–Trinajstić information content (AvgIpc) is 2.28. The Hall–Kier alpha value is -1.26. The molecule has 0 aromatic rings. The molecule has 1 rings (SSSR count). The molecule has 1 amide bonds. The predicted octanol–water partition coefficient (Wildman–Crippen LogP) is 3.02. The SMILES string of the molecule is CCC1(C[C@H](NC(=O)OC(C)(C)C)C(=O)OC)CCC1. The fourth-order valence-corrected chi connectivity index (χ4v) is 2.60. The van der Waals surface area contributed by atoms with Crippen molar-refractivity contribution in [3.63, 3.8) is 0 Å². The lowest BCUT2D eigenvalue weighted by molar-refractivity contribution is -0.144. The van der Waals surface area contributed by atoms with Crippen LogP contribution in [0.25, 0.3) is 0 Å². The minimum Gasteiger partial charge on any atom is -0.467 e. The van der Waals surface area contributed by atoms with E-state index < -0.39 is 23.7 Å². The van der Waals surface area contributed by atoms with Gasteiger partial charge in [0.25, 0.3) is 0 Å². The molecule has 0 radical (unpaired) electrons. The number of methoxy groups -OCH3 is 1. The summed E-state index contributed by atoms with van der Waals surface area (Å²) in [6, 6.07) is -0.630. The molecule has 1 saturated carbocycles. The lowest BCUT2D eigenvalue weighted by atomic mass is 9.64. The fourth-order valence-electron chi connectivity index (χ4n) is 2.60. The number of alkyl carbamates (subject to hydrolysis) is 1. The number of hydrogen-bond acceptors (Lipinski definition) is 4. The van der Waals surface area contributed by atoms with Crippen molar-refractivity contribution < 1.29 is 19.1 Å². The summed E-state index contributed by atoms with van der Waals surface area (Å²) in [6.07, 6.45) is 4.46. The summed E-state index contributed by atoms with van der Waals surface area (Å²) in [5, 5.41) is 2.65. The van der Waals surface area contributed by atoms with Gasteiger partial charge in [0.05, 0.1) is 7.11 Å². The standard InChI is InChI=1S/C15H27NO4/c1-6-15(8-7-9-15)10-11(12(17)19-5)16-13(18)20-14(2,3)4/h11H,6-10H2,1-5H3,(H,16,18)/t11-/m0/s1. The fraction of sp³-hybridized carbons (Fsp3) is 0.867. The number of carbonyl (C=O) groups is 2. The Balaban J connectivity index is 2.65. The molecule has 0 heterocycles. The van der Waals surface area contributed by atoms with Crippen LogP contribution in [0.3, 0.4) is 0 Å². The van der Waals surface area contributed by atoms with Crippen molar-refractivity contribution in [3.8, 4) is 0 Å². The molecule has 0 aliphatic heterocycles. The highest BCUT2D eigenvalue weighted by Gasteiger charge is 2.40. The van der Waals surface area contributed by atoms with E-state index in [2.05, 4.69) is 12.2 Å². The quantitative estimate of drug-likeness (QED) is 0.789. The molecular weight excluding hydrogens is 258 g/mol. The van der Waals surface area contributed by atoms with Crippen molar-refractivity contribution in [1.82, 2.24) is 5.32 Å². The first kappa shape index (κ1) is 16.8. The van der Waals surface area contributed by atoms with Gasteiger partial charge in [-0.3, -0.25) is 0 Å². The lowest BCUT2D eigenvalue weighted by Crippen LogP contribution is -2.48. The first-order valence-electron chi connectivity index (χ1n) is 7.29. The summed E-state index contributed by atoms with van der Waals surface area (Å²) in [5.74, 6) is -0.407. The smallest absolute Gasteiger partial charge is 0.408 e. The Labute approximate surface area is 121 Å². The van der Waals surface area contributed by atoms with E-state index in [1.807, 2.05) is 0 Å². The Morgan fingerprint density at radius 1 is 1.30 bits per heavy atom. The number of rotatable bonds is 5. The lowest BCUT2D eigenvalue weighted by Gasteiger charge is -2.43. The monoisotopic (exact) mass is 285 g/mol. The van der Waals surface area contributed by atoms with Crippen LogP contribution >= 0.6 is 0 Å². The topological polar surface area (TPSA) is 64.6 Å². The first-order chi connectivity index (χ1) is 9.21. The van der Waals surface area contributed by atoms with E-state index in [0.717, 1.165) is 19.3 Å². The summed E-state index contributed by atoms with van der Waals surface area (Å²) in [5.41, 5.74) is -0.419. The minimum absolute atomic E-state index is 0.161. The van der Waals surface area contributed by atoms with Crippen molar-refractivity contribution in [3.05, 3.63) is 0 Å². The number of hydrogen-bond donors (Lipinski definition) is 1.